The minimum atomic E-state index is -0.441. The minimum absolute atomic E-state index is 0.0537. The third kappa shape index (κ3) is 5.42. The SMILES string of the molecule is COc1ccc(OCOc2ccc(OC(=O)c3ccc(OC)cc3)cc2C)cc1. The first kappa shape index (κ1) is 20.1. The highest BCUT2D eigenvalue weighted by Gasteiger charge is 2.10. The van der Waals surface area contributed by atoms with Crippen LogP contribution in [0.2, 0.25) is 0 Å². The number of carbonyl (C=O) groups is 1. The molecule has 0 fully saturated rings. The van der Waals surface area contributed by atoms with E-state index in [0.717, 1.165) is 11.3 Å². The van der Waals surface area contributed by atoms with Crippen molar-refractivity contribution in [2.75, 3.05) is 21.0 Å². The highest BCUT2D eigenvalue weighted by Crippen LogP contribution is 2.25. The number of esters is 1. The summed E-state index contributed by atoms with van der Waals surface area (Å²) in [6.07, 6.45) is 0. The average molecular weight is 394 g/mol. The molecule has 0 amide bonds. The molecule has 0 radical (unpaired) electrons. The second-order valence-corrected chi connectivity index (χ2v) is 6.13. The first-order valence-corrected chi connectivity index (χ1v) is 8.95. The molecule has 0 atom stereocenters. The van der Waals surface area contributed by atoms with Crippen LogP contribution in [0.15, 0.2) is 66.7 Å². The predicted molar refractivity (Wildman–Crippen MR) is 108 cm³/mol. The van der Waals surface area contributed by atoms with Crippen LogP contribution in [0.3, 0.4) is 0 Å². The van der Waals surface area contributed by atoms with Crippen molar-refractivity contribution in [3.63, 3.8) is 0 Å². The van der Waals surface area contributed by atoms with Crippen molar-refractivity contribution in [3.05, 3.63) is 77.9 Å². The van der Waals surface area contributed by atoms with Crippen molar-refractivity contribution in [2.45, 2.75) is 6.92 Å². The summed E-state index contributed by atoms with van der Waals surface area (Å²) in [7, 11) is 3.18. The van der Waals surface area contributed by atoms with Crippen molar-refractivity contribution in [1.82, 2.24) is 0 Å². The molecule has 150 valence electrons. The zero-order valence-electron chi connectivity index (χ0n) is 16.5. The zero-order valence-corrected chi connectivity index (χ0v) is 16.5. The number of hydrogen-bond donors (Lipinski definition) is 0. The van der Waals surface area contributed by atoms with E-state index >= 15 is 0 Å². The summed E-state index contributed by atoms with van der Waals surface area (Å²) in [5, 5.41) is 0. The van der Waals surface area contributed by atoms with E-state index in [0.29, 0.717) is 28.6 Å². The summed E-state index contributed by atoms with van der Waals surface area (Å²) in [4.78, 5) is 12.3. The van der Waals surface area contributed by atoms with Gasteiger partial charge in [0.05, 0.1) is 19.8 Å². The van der Waals surface area contributed by atoms with Crippen molar-refractivity contribution < 1.29 is 28.5 Å². The Labute approximate surface area is 169 Å². The van der Waals surface area contributed by atoms with Gasteiger partial charge in [0.15, 0.2) is 0 Å². The van der Waals surface area contributed by atoms with Crippen LogP contribution < -0.4 is 23.7 Å². The third-order valence-corrected chi connectivity index (χ3v) is 4.18. The maximum absolute atomic E-state index is 12.3. The molecular weight excluding hydrogens is 372 g/mol. The Morgan fingerprint density at radius 3 is 1.86 bits per heavy atom. The standard InChI is InChI=1S/C23H22O6/c1-16-14-21(29-23(24)17-4-6-18(25-2)7-5-17)12-13-22(16)28-15-27-20-10-8-19(26-3)9-11-20/h4-14H,15H2,1-3H3. The molecule has 3 aromatic carbocycles. The second-order valence-electron chi connectivity index (χ2n) is 6.13. The smallest absolute Gasteiger partial charge is 0.343 e. The van der Waals surface area contributed by atoms with Crippen LogP contribution in [-0.2, 0) is 0 Å². The van der Waals surface area contributed by atoms with Crippen LogP contribution in [0.4, 0.5) is 0 Å². The van der Waals surface area contributed by atoms with Gasteiger partial charge < -0.3 is 23.7 Å². The molecule has 0 aromatic heterocycles. The third-order valence-electron chi connectivity index (χ3n) is 4.18. The quantitative estimate of drug-likeness (QED) is 0.315. The van der Waals surface area contributed by atoms with Crippen molar-refractivity contribution in [3.8, 4) is 28.7 Å². The highest BCUT2D eigenvalue weighted by atomic mass is 16.7. The summed E-state index contributed by atoms with van der Waals surface area (Å²) < 4.78 is 26.8. The molecule has 29 heavy (non-hydrogen) atoms. The highest BCUT2D eigenvalue weighted by molar-refractivity contribution is 5.91. The fourth-order valence-corrected chi connectivity index (χ4v) is 2.57. The second kappa shape index (κ2) is 9.50. The van der Waals surface area contributed by atoms with E-state index in [9.17, 15) is 4.79 Å². The molecule has 6 nitrogen and oxygen atoms in total. The van der Waals surface area contributed by atoms with Crippen molar-refractivity contribution >= 4 is 5.97 Å². The van der Waals surface area contributed by atoms with Crippen LogP contribution in [0.1, 0.15) is 15.9 Å². The summed E-state index contributed by atoms with van der Waals surface area (Å²) in [6.45, 7) is 1.92. The number of carbonyl (C=O) groups excluding carboxylic acids is 1. The molecule has 6 heteroatoms. The Morgan fingerprint density at radius 2 is 1.28 bits per heavy atom. The molecule has 0 heterocycles. The molecule has 3 rings (SSSR count). The Hall–Kier alpha value is -3.67. The summed E-state index contributed by atoms with van der Waals surface area (Å²) in [5.74, 6) is 2.75. The fraction of sp³-hybridized carbons (Fsp3) is 0.174. The Morgan fingerprint density at radius 1 is 0.724 bits per heavy atom. The van der Waals surface area contributed by atoms with E-state index in [2.05, 4.69) is 0 Å². The Kier molecular flexibility index (Phi) is 6.58. The van der Waals surface area contributed by atoms with Gasteiger partial charge in [-0.05, 0) is 79.2 Å². The van der Waals surface area contributed by atoms with E-state index in [-0.39, 0.29) is 6.79 Å². The van der Waals surface area contributed by atoms with Crippen molar-refractivity contribution in [2.24, 2.45) is 0 Å². The molecule has 0 aliphatic carbocycles. The number of hydrogen-bond acceptors (Lipinski definition) is 6. The Balaban J connectivity index is 1.55. The number of benzene rings is 3. The zero-order chi connectivity index (χ0) is 20.6. The maximum Gasteiger partial charge on any atom is 0.343 e. The summed E-state index contributed by atoms with van der Waals surface area (Å²) in [6, 6.07) is 19.1. The van der Waals surface area contributed by atoms with Gasteiger partial charge in [-0.25, -0.2) is 4.79 Å². The molecule has 0 unspecified atom stereocenters. The van der Waals surface area contributed by atoms with Gasteiger partial charge in [0, 0.05) is 0 Å². The van der Waals surface area contributed by atoms with Crippen LogP contribution in [-0.4, -0.2) is 27.0 Å². The maximum atomic E-state index is 12.3. The van der Waals surface area contributed by atoms with Gasteiger partial charge in [-0.15, -0.1) is 0 Å². The van der Waals surface area contributed by atoms with E-state index in [4.69, 9.17) is 23.7 Å². The molecule has 0 saturated heterocycles. The van der Waals surface area contributed by atoms with Gasteiger partial charge >= 0.3 is 5.97 Å². The number of methoxy groups -OCH3 is 2. The van der Waals surface area contributed by atoms with Gasteiger partial charge in [-0.1, -0.05) is 0 Å². The fourth-order valence-electron chi connectivity index (χ4n) is 2.57. The molecule has 0 aliphatic rings. The van der Waals surface area contributed by atoms with Crippen LogP contribution in [0, 0.1) is 6.92 Å². The van der Waals surface area contributed by atoms with E-state index < -0.39 is 5.97 Å². The topological polar surface area (TPSA) is 63.2 Å². The van der Waals surface area contributed by atoms with Crippen LogP contribution in [0.5, 0.6) is 28.7 Å². The molecular formula is C23H22O6. The molecule has 0 saturated carbocycles. The van der Waals surface area contributed by atoms with E-state index in [1.807, 2.05) is 19.1 Å². The molecule has 0 bridgehead atoms. The van der Waals surface area contributed by atoms with Gasteiger partial charge in [-0.2, -0.15) is 0 Å². The number of ether oxygens (including phenoxy) is 5. The minimum Gasteiger partial charge on any atom is -0.497 e. The lowest BCUT2D eigenvalue weighted by molar-refractivity contribution is 0.0734. The van der Waals surface area contributed by atoms with Gasteiger partial charge in [0.1, 0.15) is 28.7 Å². The van der Waals surface area contributed by atoms with Crippen LogP contribution in [0.25, 0.3) is 0 Å². The molecule has 0 aliphatic heterocycles. The first-order chi connectivity index (χ1) is 14.1. The lowest BCUT2D eigenvalue weighted by Crippen LogP contribution is -2.09. The largest absolute Gasteiger partial charge is 0.497 e. The number of rotatable bonds is 8. The number of aryl methyl sites for hydroxylation is 1. The monoisotopic (exact) mass is 394 g/mol. The van der Waals surface area contributed by atoms with Gasteiger partial charge in [-0.3, -0.25) is 0 Å². The normalized spacial score (nSPS) is 10.2. The van der Waals surface area contributed by atoms with Crippen molar-refractivity contribution in [1.29, 1.82) is 0 Å². The van der Waals surface area contributed by atoms with Crippen LogP contribution >= 0.6 is 0 Å². The lowest BCUT2D eigenvalue weighted by atomic mass is 10.2. The lowest BCUT2D eigenvalue weighted by Gasteiger charge is -2.12. The predicted octanol–water partition coefficient (Wildman–Crippen LogP) is 4.65. The molecule has 0 N–H and O–H groups in total. The Bertz CT molecular complexity index is 948. The van der Waals surface area contributed by atoms with Gasteiger partial charge in [0.2, 0.25) is 6.79 Å². The van der Waals surface area contributed by atoms with E-state index in [1.165, 1.54) is 0 Å². The molecule has 3 aromatic rings. The summed E-state index contributed by atoms with van der Waals surface area (Å²) in [5.41, 5.74) is 1.26. The van der Waals surface area contributed by atoms with E-state index in [1.54, 1.807) is 68.8 Å². The van der Waals surface area contributed by atoms with Gasteiger partial charge in [0.25, 0.3) is 0 Å². The summed E-state index contributed by atoms with van der Waals surface area (Å²) >= 11 is 0. The molecule has 0 spiro atoms. The first-order valence-electron chi connectivity index (χ1n) is 8.95. The average Bonchev–Trinajstić information content (AvgIpc) is 2.75.